The third-order valence-corrected chi connectivity index (χ3v) is 5.63. The number of hydrogen-bond acceptors (Lipinski definition) is 5. The predicted octanol–water partition coefficient (Wildman–Crippen LogP) is 3.38. The van der Waals surface area contributed by atoms with Crippen LogP contribution in [0, 0.1) is 0 Å². The highest BCUT2D eigenvalue weighted by atomic mass is 35.5. The van der Waals surface area contributed by atoms with Gasteiger partial charge in [0.2, 0.25) is 15.9 Å². The van der Waals surface area contributed by atoms with Gasteiger partial charge in [-0.05, 0) is 30.3 Å². The molecule has 0 unspecified atom stereocenters. The normalized spacial score (nSPS) is 11.9. The molecule has 3 aromatic rings. The Balaban J connectivity index is 1.91. The van der Waals surface area contributed by atoms with E-state index in [1.54, 1.807) is 18.2 Å². The minimum atomic E-state index is -4.66. The third kappa shape index (κ3) is 5.21. The van der Waals surface area contributed by atoms with Gasteiger partial charge in [-0.15, -0.1) is 0 Å². The summed E-state index contributed by atoms with van der Waals surface area (Å²) in [5.41, 5.74) is -0.802. The smallest absolute Gasteiger partial charge is 0.419 e. The predicted molar refractivity (Wildman–Crippen MR) is 110 cm³/mol. The maximum absolute atomic E-state index is 12.9. The van der Waals surface area contributed by atoms with Crippen molar-refractivity contribution in [1.29, 1.82) is 0 Å². The van der Waals surface area contributed by atoms with E-state index < -0.39 is 32.6 Å². The summed E-state index contributed by atoms with van der Waals surface area (Å²) in [7, 11) is -2.96. The Bertz CT molecular complexity index is 1280. The quantitative estimate of drug-likeness (QED) is 0.551. The number of benzene rings is 2. The molecule has 0 atom stereocenters. The number of primary sulfonamides is 1. The number of alkyl halides is 3. The first-order valence-corrected chi connectivity index (χ1v) is 10.7. The first-order valence-electron chi connectivity index (χ1n) is 8.80. The van der Waals surface area contributed by atoms with Gasteiger partial charge in [-0.25, -0.2) is 18.2 Å². The number of aromatic nitrogens is 2. The average molecular weight is 489 g/mol. The second-order valence-corrected chi connectivity index (χ2v) is 8.48. The Morgan fingerprint density at radius 3 is 2.59 bits per heavy atom. The Hall–Kier alpha value is -3.09. The number of hydrogen-bond donors (Lipinski definition) is 2. The molecule has 170 valence electrons. The van der Waals surface area contributed by atoms with Gasteiger partial charge in [0.15, 0.2) is 0 Å². The van der Waals surface area contributed by atoms with Crippen molar-refractivity contribution in [1.82, 2.24) is 9.78 Å². The highest BCUT2D eigenvalue weighted by Gasteiger charge is 2.32. The van der Waals surface area contributed by atoms with Crippen LogP contribution >= 0.6 is 11.6 Å². The van der Waals surface area contributed by atoms with Crippen molar-refractivity contribution >= 4 is 33.2 Å². The molecule has 0 fully saturated rings. The molecule has 2 aromatic carbocycles. The van der Waals surface area contributed by atoms with Crippen LogP contribution in [0.3, 0.4) is 0 Å². The number of halogens is 4. The highest BCUT2D eigenvalue weighted by molar-refractivity contribution is 7.89. The molecule has 1 amide bonds. The molecule has 0 radical (unpaired) electrons. The number of methoxy groups -OCH3 is 1. The molecular weight excluding hydrogens is 473 g/mol. The molecule has 0 aliphatic carbocycles. The van der Waals surface area contributed by atoms with Crippen LogP contribution in [0.5, 0.6) is 5.75 Å². The van der Waals surface area contributed by atoms with Crippen molar-refractivity contribution < 1.29 is 31.1 Å². The summed E-state index contributed by atoms with van der Waals surface area (Å²) in [4.78, 5) is 12.0. The lowest BCUT2D eigenvalue weighted by molar-refractivity contribution is -0.137. The van der Waals surface area contributed by atoms with E-state index in [1.807, 2.05) is 0 Å². The van der Waals surface area contributed by atoms with Crippen LogP contribution in [0.15, 0.2) is 53.7 Å². The molecule has 0 spiro atoms. The van der Waals surface area contributed by atoms with Gasteiger partial charge in [0.25, 0.3) is 0 Å². The maximum Gasteiger partial charge on any atom is 0.419 e. The number of nitrogens with zero attached hydrogens (tertiary/aromatic N) is 2. The fraction of sp³-hybridized carbons (Fsp3) is 0.158. The van der Waals surface area contributed by atoms with Gasteiger partial charge in [-0.1, -0.05) is 17.7 Å². The van der Waals surface area contributed by atoms with Crippen molar-refractivity contribution in [3.63, 3.8) is 0 Å². The van der Waals surface area contributed by atoms with Crippen LogP contribution in [0.25, 0.3) is 5.69 Å². The average Bonchev–Trinajstić information content (AvgIpc) is 3.19. The van der Waals surface area contributed by atoms with E-state index in [1.165, 1.54) is 19.2 Å². The Kier molecular flexibility index (Phi) is 6.49. The third-order valence-electron chi connectivity index (χ3n) is 4.34. The van der Waals surface area contributed by atoms with Gasteiger partial charge < -0.3 is 10.1 Å². The van der Waals surface area contributed by atoms with Crippen molar-refractivity contribution in [2.75, 3.05) is 12.4 Å². The van der Waals surface area contributed by atoms with Crippen molar-refractivity contribution in [2.45, 2.75) is 17.5 Å². The SMILES string of the molecule is COc1cccc(Cl)c1CC(=O)Nc1ccc(-n2cc(C(F)(F)F)cn2)c(S(N)(=O)=O)c1. The van der Waals surface area contributed by atoms with E-state index in [2.05, 4.69) is 10.4 Å². The summed E-state index contributed by atoms with van der Waals surface area (Å²) >= 11 is 6.12. The van der Waals surface area contributed by atoms with Crippen LogP contribution in [0.2, 0.25) is 5.02 Å². The number of sulfonamides is 1. The summed E-state index contributed by atoms with van der Waals surface area (Å²) in [6.45, 7) is 0. The Morgan fingerprint density at radius 2 is 2.00 bits per heavy atom. The fourth-order valence-electron chi connectivity index (χ4n) is 2.88. The molecule has 13 heteroatoms. The Labute approximate surface area is 185 Å². The van der Waals surface area contributed by atoms with Gasteiger partial charge in [-0.2, -0.15) is 18.3 Å². The molecule has 1 aromatic heterocycles. The first kappa shape index (κ1) is 23.6. The number of amides is 1. The van der Waals surface area contributed by atoms with E-state index in [0.717, 1.165) is 10.7 Å². The molecule has 3 rings (SSSR count). The zero-order valence-electron chi connectivity index (χ0n) is 16.4. The van der Waals surface area contributed by atoms with Gasteiger partial charge in [0.1, 0.15) is 10.6 Å². The number of rotatable bonds is 6. The fourth-order valence-corrected chi connectivity index (χ4v) is 3.85. The summed E-state index contributed by atoms with van der Waals surface area (Å²) in [6, 6.07) is 8.38. The van der Waals surface area contributed by atoms with Gasteiger partial charge in [-0.3, -0.25) is 4.79 Å². The molecular formula is C19H16ClF3N4O4S. The summed E-state index contributed by atoms with van der Waals surface area (Å²) in [5.74, 6) is -0.143. The number of carbonyl (C=O) groups excluding carboxylic acids is 1. The number of nitrogens with one attached hydrogen (secondary N) is 1. The standard InChI is InChI=1S/C19H16ClF3N4O4S/c1-31-16-4-2-3-14(20)13(16)8-18(28)26-12-5-6-15(17(7-12)32(24,29)30)27-10-11(9-25-27)19(21,22)23/h2-7,9-10H,8H2,1H3,(H,26,28)(H2,24,29,30). The van der Waals surface area contributed by atoms with Gasteiger partial charge in [0.05, 0.1) is 31.0 Å². The first-order chi connectivity index (χ1) is 14.9. The van der Waals surface area contributed by atoms with Crippen LogP contribution < -0.4 is 15.2 Å². The van der Waals surface area contributed by atoms with Gasteiger partial charge in [0, 0.05) is 22.5 Å². The van der Waals surface area contributed by atoms with Crippen LogP contribution in [0.4, 0.5) is 18.9 Å². The number of anilines is 1. The highest BCUT2D eigenvalue weighted by Crippen LogP contribution is 2.31. The van der Waals surface area contributed by atoms with E-state index in [9.17, 15) is 26.4 Å². The van der Waals surface area contributed by atoms with Crippen molar-refractivity contribution in [3.8, 4) is 11.4 Å². The van der Waals surface area contributed by atoms with Crippen molar-refractivity contribution in [2.24, 2.45) is 5.14 Å². The number of carbonyl (C=O) groups is 1. The van der Waals surface area contributed by atoms with Crippen molar-refractivity contribution in [3.05, 3.63) is 64.9 Å². The molecule has 0 aliphatic rings. The molecule has 0 saturated heterocycles. The van der Waals surface area contributed by atoms with Gasteiger partial charge >= 0.3 is 6.18 Å². The second kappa shape index (κ2) is 8.81. The van der Waals surface area contributed by atoms with E-state index in [4.69, 9.17) is 21.5 Å². The maximum atomic E-state index is 12.9. The largest absolute Gasteiger partial charge is 0.496 e. The zero-order chi connectivity index (χ0) is 23.7. The number of ether oxygens (including phenoxy) is 1. The minimum absolute atomic E-state index is 0.0528. The lowest BCUT2D eigenvalue weighted by atomic mass is 10.1. The van der Waals surface area contributed by atoms with E-state index in [-0.39, 0.29) is 17.8 Å². The van der Waals surface area contributed by atoms with E-state index >= 15 is 0 Å². The molecule has 3 N–H and O–H groups in total. The Morgan fingerprint density at radius 1 is 1.28 bits per heavy atom. The van der Waals surface area contributed by atoms with Crippen LogP contribution in [-0.2, 0) is 27.4 Å². The van der Waals surface area contributed by atoms with Crippen LogP contribution in [0.1, 0.15) is 11.1 Å². The summed E-state index contributed by atoms with van der Waals surface area (Å²) < 4.78 is 68.6. The number of nitrogens with two attached hydrogens (primary N) is 1. The van der Waals surface area contributed by atoms with Crippen LogP contribution in [-0.4, -0.2) is 31.2 Å². The molecule has 1 heterocycles. The zero-order valence-corrected chi connectivity index (χ0v) is 17.9. The lowest BCUT2D eigenvalue weighted by Gasteiger charge is -2.13. The molecule has 0 saturated carbocycles. The summed E-state index contributed by atoms with van der Waals surface area (Å²) in [6.07, 6.45) is -3.65. The molecule has 0 aliphatic heterocycles. The summed E-state index contributed by atoms with van der Waals surface area (Å²) in [5, 5.41) is 11.6. The molecule has 0 bridgehead atoms. The minimum Gasteiger partial charge on any atom is -0.496 e. The monoisotopic (exact) mass is 488 g/mol. The molecule has 8 nitrogen and oxygen atoms in total. The second-order valence-electron chi connectivity index (χ2n) is 6.54. The topological polar surface area (TPSA) is 116 Å². The lowest BCUT2D eigenvalue weighted by Crippen LogP contribution is -2.18. The molecule has 32 heavy (non-hydrogen) atoms. The van der Waals surface area contributed by atoms with E-state index in [0.29, 0.717) is 28.7 Å².